The molecule has 324 valence electrons. The number of alkyl halides is 6. The van der Waals surface area contributed by atoms with E-state index in [-0.39, 0.29) is 102 Å². The summed E-state index contributed by atoms with van der Waals surface area (Å²) in [7, 11) is 0. The molecule has 3 fully saturated rings. The van der Waals surface area contributed by atoms with Crippen LogP contribution in [0.25, 0.3) is 0 Å². The van der Waals surface area contributed by atoms with Crippen LogP contribution in [0.15, 0.2) is 48.5 Å². The average molecular weight is 855 g/mol. The van der Waals surface area contributed by atoms with Crippen LogP contribution in [0.5, 0.6) is 0 Å². The van der Waals surface area contributed by atoms with Gasteiger partial charge >= 0.3 is 36.1 Å². The molecule has 22 heteroatoms. The molecular weight excluding hydrogens is 814 g/mol. The number of hydrogen-bond donors (Lipinski definition) is 0. The van der Waals surface area contributed by atoms with E-state index in [0.717, 1.165) is 0 Å². The molecule has 16 nitrogen and oxygen atoms in total. The SMILES string of the molecule is O=C(ON1C(=O)CCC1=O)c1ccc(CN2CCCN(C(=O)C(F)(F)F)CCN(Cc3ccc(C(=O)ON4C(=O)CCC4=O)cc3)CCCN(C(=O)C(F)(F)F)CC2)cc1. The summed E-state index contributed by atoms with van der Waals surface area (Å²) < 4.78 is 82.6. The minimum Gasteiger partial charge on any atom is -0.334 e. The molecule has 2 aromatic rings. The number of carbonyl (C=O) groups excluding carboxylic acids is 8. The van der Waals surface area contributed by atoms with Gasteiger partial charge in [-0.25, -0.2) is 9.59 Å². The van der Waals surface area contributed by atoms with Crippen molar-refractivity contribution in [1.82, 2.24) is 29.7 Å². The van der Waals surface area contributed by atoms with Gasteiger partial charge in [-0.05, 0) is 48.2 Å². The maximum absolute atomic E-state index is 13.8. The monoisotopic (exact) mass is 854 g/mol. The second-order valence-electron chi connectivity index (χ2n) is 14.2. The van der Waals surface area contributed by atoms with Crippen LogP contribution < -0.4 is 0 Å². The quantitative estimate of drug-likeness (QED) is 0.281. The van der Waals surface area contributed by atoms with Crippen LogP contribution in [0.1, 0.15) is 70.4 Å². The highest BCUT2D eigenvalue weighted by Gasteiger charge is 2.44. The predicted octanol–water partition coefficient (Wildman–Crippen LogP) is 3.01. The number of hydrogen-bond acceptors (Lipinski definition) is 12. The Morgan fingerprint density at radius 2 is 0.783 bits per heavy atom. The molecule has 0 aromatic heterocycles. The molecule has 3 aliphatic heterocycles. The minimum atomic E-state index is -5.21. The Morgan fingerprint density at radius 1 is 0.467 bits per heavy atom. The van der Waals surface area contributed by atoms with E-state index < -0.39 is 72.8 Å². The van der Waals surface area contributed by atoms with E-state index in [1.54, 1.807) is 9.80 Å². The predicted molar refractivity (Wildman–Crippen MR) is 191 cm³/mol. The molecule has 0 aliphatic carbocycles. The molecule has 0 radical (unpaired) electrons. The third-order valence-electron chi connectivity index (χ3n) is 9.79. The van der Waals surface area contributed by atoms with Crippen LogP contribution in [0.4, 0.5) is 26.3 Å². The van der Waals surface area contributed by atoms with E-state index in [0.29, 0.717) is 31.1 Å². The molecule has 6 amide bonds. The van der Waals surface area contributed by atoms with Gasteiger partial charge in [0.1, 0.15) is 0 Å². The first-order valence-corrected chi connectivity index (χ1v) is 18.8. The lowest BCUT2D eigenvalue weighted by molar-refractivity contribution is -0.186. The number of carbonyl (C=O) groups is 8. The largest absolute Gasteiger partial charge is 0.471 e. The lowest BCUT2D eigenvalue weighted by Gasteiger charge is -2.32. The van der Waals surface area contributed by atoms with E-state index in [9.17, 15) is 64.7 Å². The number of imide groups is 2. The van der Waals surface area contributed by atoms with E-state index in [2.05, 4.69) is 0 Å². The van der Waals surface area contributed by atoms with Gasteiger partial charge in [0.25, 0.3) is 23.6 Å². The number of benzene rings is 2. The summed E-state index contributed by atoms with van der Waals surface area (Å²) in [5.41, 5.74) is 0.957. The van der Waals surface area contributed by atoms with Crippen molar-refractivity contribution >= 4 is 47.4 Å². The van der Waals surface area contributed by atoms with Gasteiger partial charge in [0.2, 0.25) is 0 Å². The van der Waals surface area contributed by atoms with Crippen molar-refractivity contribution in [2.75, 3.05) is 52.4 Å². The minimum absolute atomic E-state index is 0.0124. The maximum atomic E-state index is 13.8. The zero-order chi connectivity index (χ0) is 43.8. The lowest BCUT2D eigenvalue weighted by atomic mass is 10.1. The number of rotatable bonds is 8. The molecule has 0 atom stereocenters. The smallest absolute Gasteiger partial charge is 0.334 e. The lowest BCUT2D eigenvalue weighted by Crippen LogP contribution is -2.48. The van der Waals surface area contributed by atoms with Gasteiger partial charge in [0.05, 0.1) is 11.1 Å². The van der Waals surface area contributed by atoms with Crippen LogP contribution in [0, 0.1) is 0 Å². The van der Waals surface area contributed by atoms with Gasteiger partial charge in [-0.1, -0.05) is 24.3 Å². The molecular formula is C38H40F6N6O10. The van der Waals surface area contributed by atoms with E-state index in [1.165, 1.54) is 48.5 Å². The summed E-state index contributed by atoms with van der Waals surface area (Å²) in [4.78, 5) is 112. The Morgan fingerprint density at radius 3 is 1.08 bits per heavy atom. The second kappa shape index (κ2) is 19.4. The van der Waals surface area contributed by atoms with Crippen LogP contribution in [0.2, 0.25) is 0 Å². The summed E-state index contributed by atoms with van der Waals surface area (Å²) in [5.74, 6) is -8.87. The Labute approximate surface area is 338 Å². The van der Waals surface area contributed by atoms with Crippen LogP contribution in [-0.4, -0.2) is 142 Å². The summed E-state index contributed by atoms with van der Waals surface area (Å²) in [6, 6.07) is 11.2. The van der Waals surface area contributed by atoms with Gasteiger partial charge in [-0.2, -0.15) is 26.3 Å². The normalized spacial score (nSPS) is 18.5. The zero-order valence-corrected chi connectivity index (χ0v) is 32.0. The average Bonchev–Trinajstić information content (AvgIpc) is 3.69. The number of hydroxylamine groups is 4. The van der Waals surface area contributed by atoms with Crippen molar-refractivity contribution < 1.29 is 74.4 Å². The maximum Gasteiger partial charge on any atom is 0.471 e. The highest BCUT2D eigenvalue weighted by atomic mass is 19.4. The summed E-state index contributed by atoms with van der Waals surface area (Å²) >= 11 is 0. The van der Waals surface area contributed by atoms with Gasteiger partial charge < -0.3 is 19.5 Å². The fraction of sp³-hybridized carbons (Fsp3) is 0.474. The summed E-state index contributed by atoms with van der Waals surface area (Å²) in [6.45, 7) is -1.93. The Kier molecular flexibility index (Phi) is 14.6. The van der Waals surface area contributed by atoms with Crippen LogP contribution in [0.3, 0.4) is 0 Å². The van der Waals surface area contributed by atoms with Gasteiger partial charge in [-0.15, -0.1) is 10.1 Å². The highest BCUT2D eigenvalue weighted by molar-refractivity contribution is 6.03. The third kappa shape index (κ3) is 12.1. The molecule has 0 N–H and O–H groups in total. The van der Waals surface area contributed by atoms with Crippen molar-refractivity contribution in [3.63, 3.8) is 0 Å². The summed E-state index contributed by atoms with van der Waals surface area (Å²) in [6.07, 6.45) is -11.0. The second-order valence-corrected chi connectivity index (χ2v) is 14.2. The van der Waals surface area contributed by atoms with Gasteiger partial charge in [-0.3, -0.25) is 38.6 Å². The summed E-state index contributed by atoms with van der Waals surface area (Å²) in [5, 5.41) is 0.757. The molecule has 0 spiro atoms. The molecule has 60 heavy (non-hydrogen) atoms. The first-order valence-electron chi connectivity index (χ1n) is 18.8. The van der Waals surface area contributed by atoms with Crippen LogP contribution >= 0.6 is 0 Å². The van der Waals surface area contributed by atoms with Gasteiger partial charge in [0, 0.05) is 91.1 Å². The number of nitrogens with zero attached hydrogens (tertiary/aromatic N) is 6. The first kappa shape index (κ1) is 45.2. The van der Waals surface area contributed by atoms with Gasteiger partial charge in [0.15, 0.2) is 0 Å². The molecule has 3 saturated heterocycles. The zero-order valence-electron chi connectivity index (χ0n) is 32.0. The third-order valence-corrected chi connectivity index (χ3v) is 9.79. The van der Waals surface area contributed by atoms with Crippen molar-refractivity contribution in [2.45, 2.75) is 64.0 Å². The molecule has 3 aliphatic rings. The molecule has 0 unspecified atom stereocenters. The standard InChI is InChI=1S/C38H40F6N6O10/c39-37(40,41)35(57)47-17-1-15-45(23-25-3-7-27(8-4-25)33(55)59-49-29(51)11-12-30(49)52)19-22-48(36(58)38(42,43)44)18-2-16-46(20-21-47)24-26-5-9-28(10-6-26)34(56)60-50-31(53)13-14-32(50)54/h3-10H,1-2,11-24H2. The first-order chi connectivity index (χ1) is 28.3. The molecule has 3 heterocycles. The molecule has 0 bridgehead atoms. The van der Waals surface area contributed by atoms with Crippen molar-refractivity contribution in [3.05, 3.63) is 70.8 Å². The topological polar surface area (TPSA) is 174 Å². The van der Waals surface area contributed by atoms with Crippen LogP contribution in [-0.2, 0) is 51.5 Å². The van der Waals surface area contributed by atoms with E-state index >= 15 is 0 Å². The Bertz CT molecular complexity index is 1790. The Hall–Kier alpha value is -5.90. The number of halogens is 6. The Balaban J connectivity index is 1.29. The molecule has 2 aromatic carbocycles. The fourth-order valence-corrected chi connectivity index (χ4v) is 6.62. The van der Waals surface area contributed by atoms with Crippen molar-refractivity contribution in [1.29, 1.82) is 0 Å². The highest BCUT2D eigenvalue weighted by Crippen LogP contribution is 2.22. The van der Waals surface area contributed by atoms with E-state index in [1.807, 2.05) is 0 Å². The molecule has 5 rings (SSSR count). The molecule has 0 saturated carbocycles. The van der Waals surface area contributed by atoms with E-state index in [4.69, 9.17) is 9.68 Å². The van der Waals surface area contributed by atoms with Crippen molar-refractivity contribution in [3.8, 4) is 0 Å². The number of amides is 6. The van der Waals surface area contributed by atoms with Crippen molar-refractivity contribution in [2.24, 2.45) is 0 Å². The fourth-order valence-electron chi connectivity index (χ4n) is 6.62.